The first-order valence-corrected chi connectivity index (χ1v) is 8.42. The van der Waals surface area contributed by atoms with E-state index in [4.69, 9.17) is 5.73 Å². The van der Waals surface area contributed by atoms with Crippen molar-refractivity contribution in [2.45, 2.75) is 45.6 Å². The standard InChI is InChI=1S/C18H27N3O2.ClH/c1-3-4-13(2)21-12-15(11-17(21)22)18(23)20-10-9-14-5-7-16(19)8-6-14;/h5-8,13,15H,3-4,9-12,19H2,1-2H3,(H,20,23);1H. The Hall–Kier alpha value is -1.75. The van der Waals surface area contributed by atoms with E-state index in [0.29, 0.717) is 19.5 Å². The van der Waals surface area contributed by atoms with Gasteiger partial charge in [0, 0.05) is 31.2 Å². The van der Waals surface area contributed by atoms with Crippen LogP contribution in [0.4, 0.5) is 5.69 Å². The summed E-state index contributed by atoms with van der Waals surface area (Å²) in [7, 11) is 0. The Morgan fingerprint density at radius 1 is 1.38 bits per heavy atom. The molecule has 2 rings (SSSR count). The number of nitrogens with zero attached hydrogens (tertiary/aromatic N) is 1. The number of amides is 2. The Bertz CT molecular complexity index is 548. The summed E-state index contributed by atoms with van der Waals surface area (Å²) in [6.07, 6.45) is 3.13. The van der Waals surface area contributed by atoms with Crippen molar-refractivity contribution < 1.29 is 9.59 Å². The monoisotopic (exact) mass is 353 g/mol. The maximum absolute atomic E-state index is 12.3. The van der Waals surface area contributed by atoms with Crippen molar-refractivity contribution >= 4 is 29.9 Å². The summed E-state index contributed by atoms with van der Waals surface area (Å²) in [5.74, 6) is -0.127. The number of halogens is 1. The molecule has 6 heteroatoms. The van der Waals surface area contributed by atoms with Gasteiger partial charge < -0.3 is 16.0 Å². The fourth-order valence-electron chi connectivity index (χ4n) is 3.07. The van der Waals surface area contributed by atoms with Gasteiger partial charge in [0.05, 0.1) is 5.92 Å². The Labute approximate surface area is 150 Å². The quantitative estimate of drug-likeness (QED) is 0.739. The molecule has 134 valence electrons. The lowest BCUT2D eigenvalue weighted by Crippen LogP contribution is -2.37. The van der Waals surface area contributed by atoms with Crippen LogP contribution in [0.1, 0.15) is 38.7 Å². The molecule has 1 saturated heterocycles. The first-order valence-electron chi connectivity index (χ1n) is 8.42. The van der Waals surface area contributed by atoms with Crippen molar-refractivity contribution in [3.05, 3.63) is 29.8 Å². The van der Waals surface area contributed by atoms with Gasteiger partial charge in [-0.15, -0.1) is 12.4 Å². The van der Waals surface area contributed by atoms with Crippen LogP contribution in [-0.2, 0) is 16.0 Å². The number of nitrogen functional groups attached to an aromatic ring is 1. The highest BCUT2D eigenvalue weighted by Gasteiger charge is 2.36. The number of benzene rings is 1. The summed E-state index contributed by atoms with van der Waals surface area (Å²) in [6, 6.07) is 7.88. The van der Waals surface area contributed by atoms with E-state index < -0.39 is 0 Å². The van der Waals surface area contributed by atoms with Crippen LogP contribution in [0.15, 0.2) is 24.3 Å². The third-order valence-corrected chi connectivity index (χ3v) is 4.46. The van der Waals surface area contributed by atoms with Crippen molar-refractivity contribution in [2.75, 3.05) is 18.8 Å². The lowest BCUT2D eigenvalue weighted by Gasteiger charge is -2.24. The summed E-state index contributed by atoms with van der Waals surface area (Å²) in [5, 5.41) is 2.95. The summed E-state index contributed by atoms with van der Waals surface area (Å²) in [6.45, 7) is 5.30. The molecule has 1 fully saturated rings. The molecule has 5 nitrogen and oxygen atoms in total. The minimum absolute atomic E-state index is 0. The number of likely N-dealkylation sites (tertiary alicyclic amines) is 1. The van der Waals surface area contributed by atoms with E-state index in [1.54, 1.807) is 0 Å². The van der Waals surface area contributed by atoms with Crippen molar-refractivity contribution in [1.29, 1.82) is 0 Å². The fourth-order valence-corrected chi connectivity index (χ4v) is 3.07. The number of hydrogen-bond acceptors (Lipinski definition) is 3. The third kappa shape index (κ3) is 5.41. The van der Waals surface area contributed by atoms with Crippen molar-refractivity contribution in [1.82, 2.24) is 10.2 Å². The number of nitrogens with two attached hydrogens (primary N) is 1. The molecule has 0 aliphatic carbocycles. The van der Waals surface area contributed by atoms with Crippen LogP contribution in [0, 0.1) is 5.92 Å². The predicted octanol–water partition coefficient (Wildman–Crippen LogP) is 2.39. The lowest BCUT2D eigenvalue weighted by atomic mass is 10.1. The molecule has 24 heavy (non-hydrogen) atoms. The van der Waals surface area contributed by atoms with Crippen LogP contribution < -0.4 is 11.1 Å². The maximum Gasteiger partial charge on any atom is 0.225 e. The van der Waals surface area contributed by atoms with Gasteiger partial charge >= 0.3 is 0 Å². The van der Waals surface area contributed by atoms with Gasteiger partial charge in [-0.25, -0.2) is 0 Å². The molecule has 3 N–H and O–H groups in total. The van der Waals surface area contributed by atoms with Crippen LogP contribution in [0.2, 0.25) is 0 Å². The average Bonchev–Trinajstić information content (AvgIpc) is 2.91. The van der Waals surface area contributed by atoms with Gasteiger partial charge in [-0.2, -0.15) is 0 Å². The second-order valence-electron chi connectivity index (χ2n) is 6.37. The Balaban J connectivity index is 0.00000288. The van der Waals surface area contributed by atoms with Gasteiger partial charge in [0.1, 0.15) is 0 Å². The smallest absolute Gasteiger partial charge is 0.225 e. The second kappa shape index (κ2) is 9.52. The van der Waals surface area contributed by atoms with Gasteiger partial charge in [0.2, 0.25) is 11.8 Å². The van der Waals surface area contributed by atoms with E-state index in [2.05, 4.69) is 19.2 Å². The van der Waals surface area contributed by atoms with Crippen LogP contribution >= 0.6 is 12.4 Å². The number of carbonyl (C=O) groups is 2. The van der Waals surface area contributed by atoms with Gasteiger partial charge in [-0.1, -0.05) is 25.5 Å². The van der Waals surface area contributed by atoms with Gasteiger partial charge in [-0.3, -0.25) is 9.59 Å². The molecule has 0 bridgehead atoms. The first-order chi connectivity index (χ1) is 11.0. The normalized spacial score (nSPS) is 18.2. The molecular formula is C18H28ClN3O2. The minimum atomic E-state index is -0.215. The molecule has 1 aromatic carbocycles. The summed E-state index contributed by atoms with van der Waals surface area (Å²) >= 11 is 0. The summed E-state index contributed by atoms with van der Waals surface area (Å²) < 4.78 is 0. The molecule has 0 saturated carbocycles. The largest absolute Gasteiger partial charge is 0.399 e. The lowest BCUT2D eigenvalue weighted by molar-refractivity contribution is -0.130. The molecule has 2 amide bonds. The second-order valence-corrected chi connectivity index (χ2v) is 6.37. The third-order valence-electron chi connectivity index (χ3n) is 4.46. The molecular weight excluding hydrogens is 326 g/mol. The highest BCUT2D eigenvalue weighted by molar-refractivity contribution is 5.89. The zero-order valence-electron chi connectivity index (χ0n) is 14.5. The minimum Gasteiger partial charge on any atom is -0.399 e. The van der Waals surface area contributed by atoms with Crippen molar-refractivity contribution in [3.63, 3.8) is 0 Å². The molecule has 2 atom stereocenters. The number of hydrogen-bond donors (Lipinski definition) is 2. The summed E-state index contributed by atoms with van der Waals surface area (Å²) in [4.78, 5) is 26.2. The van der Waals surface area contributed by atoms with E-state index in [9.17, 15) is 9.59 Å². The summed E-state index contributed by atoms with van der Waals surface area (Å²) in [5.41, 5.74) is 7.53. The van der Waals surface area contributed by atoms with E-state index in [1.165, 1.54) is 0 Å². The zero-order chi connectivity index (χ0) is 16.8. The molecule has 1 aromatic rings. The topological polar surface area (TPSA) is 75.4 Å². The zero-order valence-corrected chi connectivity index (χ0v) is 15.3. The number of carbonyl (C=O) groups excluding carboxylic acids is 2. The average molecular weight is 354 g/mol. The van der Waals surface area contributed by atoms with E-state index in [1.807, 2.05) is 29.2 Å². The molecule has 2 unspecified atom stereocenters. The highest BCUT2D eigenvalue weighted by Crippen LogP contribution is 2.22. The molecule has 0 radical (unpaired) electrons. The van der Waals surface area contributed by atoms with E-state index >= 15 is 0 Å². The van der Waals surface area contributed by atoms with Crippen LogP contribution in [0.25, 0.3) is 0 Å². The van der Waals surface area contributed by atoms with Gasteiger partial charge in [0.25, 0.3) is 0 Å². The highest BCUT2D eigenvalue weighted by atomic mass is 35.5. The SMILES string of the molecule is CCCC(C)N1CC(C(=O)NCCc2ccc(N)cc2)CC1=O.Cl. The number of nitrogens with one attached hydrogen (secondary N) is 1. The maximum atomic E-state index is 12.3. The molecule has 1 aliphatic heterocycles. The predicted molar refractivity (Wildman–Crippen MR) is 99.0 cm³/mol. The fraction of sp³-hybridized carbons (Fsp3) is 0.556. The molecule has 1 aliphatic rings. The van der Waals surface area contributed by atoms with E-state index in [-0.39, 0.29) is 36.2 Å². The Kier molecular flexibility index (Phi) is 8.05. The first kappa shape index (κ1) is 20.3. The van der Waals surface area contributed by atoms with Gasteiger partial charge in [-0.05, 0) is 37.5 Å². The van der Waals surface area contributed by atoms with Crippen LogP contribution in [0.5, 0.6) is 0 Å². The van der Waals surface area contributed by atoms with Crippen molar-refractivity contribution in [2.24, 2.45) is 5.92 Å². The Morgan fingerprint density at radius 2 is 2.04 bits per heavy atom. The van der Waals surface area contributed by atoms with Crippen LogP contribution in [-0.4, -0.2) is 35.8 Å². The van der Waals surface area contributed by atoms with Crippen molar-refractivity contribution in [3.8, 4) is 0 Å². The molecule has 0 spiro atoms. The van der Waals surface area contributed by atoms with E-state index in [0.717, 1.165) is 30.5 Å². The van der Waals surface area contributed by atoms with Crippen LogP contribution in [0.3, 0.4) is 0 Å². The molecule has 1 heterocycles. The Morgan fingerprint density at radius 3 is 2.67 bits per heavy atom. The number of rotatable bonds is 7. The van der Waals surface area contributed by atoms with Gasteiger partial charge in [0.15, 0.2) is 0 Å². The molecule has 0 aromatic heterocycles. The number of anilines is 1.